The molecule has 426 valence electrons. The lowest BCUT2D eigenvalue weighted by atomic mass is 10.0. The van der Waals surface area contributed by atoms with E-state index in [0.717, 1.165) is 96.3 Å². The number of esters is 3. The zero-order valence-electron chi connectivity index (χ0n) is 48.8. The maximum absolute atomic E-state index is 12.9. The van der Waals surface area contributed by atoms with E-state index in [1.807, 2.05) is 6.08 Å². The van der Waals surface area contributed by atoms with E-state index in [1.54, 1.807) is 0 Å². The van der Waals surface area contributed by atoms with Gasteiger partial charge in [-0.25, -0.2) is 0 Å². The van der Waals surface area contributed by atoms with Gasteiger partial charge in [-0.2, -0.15) is 0 Å². The van der Waals surface area contributed by atoms with E-state index in [-0.39, 0.29) is 37.5 Å². The Morgan fingerprint density at radius 3 is 0.893 bits per heavy atom. The van der Waals surface area contributed by atoms with Crippen LogP contribution >= 0.6 is 0 Å². The number of unbranched alkanes of at least 4 members (excludes halogenated alkanes) is 24. The van der Waals surface area contributed by atoms with Crippen LogP contribution in [0.3, 0.4) is 0 Å². The first kappa shape index (κ1) is 70.8. The normalized spacial score (nSPS) is 12.9. The average Bonchev–Trinajstić information content (AvgIpc) is 3.41. The van der Waals surface area contributed by atoms with E-state index >= 15 is 0 Å². The molecule has 1 unspecified atom stereocenters. The lowest BCUT2D eigenvalue weighted by Crippen LogP contribution is -2.30. The predicted octanol–water partition coefficient (Wildman–Crippen LogP) is 21.2. The molecular formula is C69H114O6. The molecule has 0 heterocycles. The van der Waals surface area contributed by atoms with Crippen molar-refractivity contribution in [3.63, 3.8) is 0 Å². The highest BCUT2D eigenvalue weighted by Gasteiger charge is 2.19. The molecule has 75 heavy (non-hydrogen) atoms. The van der Waals surface area contributed by atoms with Gasteiger partial charge in [-0.1, -0.05) is 264 Å². The number of hydrogen-bond acceptors (Lipinski definition) is 6. The van der Waals surface area contributed by atoms with Crippen molar-refractivity contribution in [1.82, 2.24) is 0 Å². The highest BCUT2D eigenvalue weighted by atomic mass is 16.6. The molecule has 0 N–H and O–H groups in total. The molecule has 0 aliphatic rings. The lowest BCUT2D eigenvalue weighted by molar-refractivity contribution is -0.166. The molecule has 0 saturated heterocycles. The molecule has 6 heteroatoms. The van der Waals surface area contributed by atoms with Crippen molar-refractivity contribution in [2.45, 2.75) is 284 Å². The van der Waals surface area contributed by atoms with E-state index in [2.05, 4.69) is 136 Å². The standard InChI is InChI=1S/C69H114O6/c1-4-7-10-13-16-19-22-25-27-29-31-32-33-34-35-36-38-39-41-44-47-50-53-56-59-62-68(71)74-65-66(64-73-67(70)61-58-55-52-49-46-43-24-21-18-15-12-9-6-3)75-69(72)63-60-57-54-51-48-45-42-40-37-30-28-26-23-20-17-14-11-8-5-2/h7,9-10,12,16-21,25-28,31-32,43,46,52,55,66H,4-6,8,11,13-15,22-24,29-30,33-42,44-45,47-51,53-54,56-65H2,1-3H3/b10-7-,12-9-,19-16-,20-17-,21-18-,27-25-,28-26-,32-31-,46-43-,55-52-. The Morgan fingerprint density at radius 1 is 0.280 bits per heavy atom. The molecule has 0 rings (SSSR count). The van der Waals surface area contributed by atoms with Crippen LogP contribution in [0.25, 0.3) is 0 Å². The summed E-state index contributed by atoms with van der Waals surface area (Å²) in [5.41, 5.74) is 0. The van der Waals surface area contributed by atoms with Crippen LogP contribution in [-0.2, 0) is 28.6 Å². The fraction of sp³-hybridized carbons (Fsp3) is 0.667. The highest BCUT2D eigenvalue weighted by Crippen LogP contribution is 2.16. The van der Waals surface area contributed by atoms with Crippen molar-refractivity contribution >= 4 is 17.9 Å². The molecule has 0 aliphatic heterocycles. The molecule has 0 amide bonds. The first-order valence-corrected chi connectivity index (χ1v) is 31.0. The second-order valence-corrected chi connectivity index (χ2v) is 20.2. The van der Waals surface area contributed by atoms with Gasteiger partial charge in [0.05, 0.1) is 0 Å². The summed E-state index contributed by atoms with van der Waals surface area (Å²) < 4.78 is 16.8. The van der Waals surface area contributed by atoms with Crippen LogP contribution in [0.1, 0.15) is 278 Å². The summed E-state index contributed by atoms with van der Waals surface area (Å²) in [6.45, 7) is 6.33. The molecule has 0 aromatic rings. The average molecular weight is 1040 g/mol. The van der Waals surface area contributed by atoms with Crippen LogP contribution in [0.2, 0.25) is 0 Å². The fourth-order valence-electron chi connectivity index (χ4n) is 8.36. The largest absolute Gasteiger partial charge is 0.462 e. The number of allylic oxidation sites excluding steroid dienone is 20. The maximum atomic E-state index is 12.9. The minimum atomic E-state index is -0.813. The van der Waals surface area contributed by atoms with Crippen molar-refractivity contribution < 1.29 is 28.6 Å². The Bertz CT molecular complexity index is 1570. The Hall–Kier alpha value is -4.19. The van der Waals surface area contributed by atoms with Crippen LogP contribution in [0, 0.1) is 0 Å². The van der Waals surface area contributed by atoms with Crippen LogP contribution < -0.4 is 0 Å². The van der Waals surface area contributed by atoms with Crippen molar-refractivity contribution in [3.8, 4) is 0 Å². The van der Waals surface area contributed by atoms with Gasteiger partial charge in [-0.15, -0.1) is 0 Å². The molecule has 0 aromatic heterocycles. The van der Waals surface area contributed by atoms with Crippen molar-refractivity contribution in [3.05, 3.63) is 122 Å². The number of carbonyl (C=O) groups excluding carboxylic acids is 3. The van der Waals surface area contributed by atoms with Crippen molar-refractivity contribution in [2.75, 3.05) is 13.2 Å². The summed E-state index contributed by atoms with van der Waals surface area (Å²) in [5, 5.41) is 0. The predicted molar refractivity (Wildman–Crippen MR) is 325 cm³/mol. The van der Waals surface area contributed by atoms with Gasteiger partial charge in [0.25, 0.3) is 0 Å². The molecule has 6 nitrogen and oxygen atoms in total. The Labute approximate surface area is 462 Å². The smallest absolute Gasteiger partial charge is 0.306 e. The van der Waals surface area contributed by atoms with Gasteiger partial charge in [0.1, 0.15) is 13.2 Å². The van der Waals surface area contributed by atoms with Crippen LogP contribution in [0.15, 0.2) is 122 Å². The number of rotatable bonds is 55. The highest BCUT2D eigenvalue weighted by molar-refractivity contribution is 5.71. The van der Waals surface area contributed by atoms with E-state index in [9.17, 15) is 14.4 Å². The quantitative estimate of drug-likeness (QED) is 0.0261. The van der Waals surface area contributed by atoms with Gasteiger partial charge in [-0.3, -0.25) is 14.4 Å². The summed E-state index contributed by atoms with van der Waals surface area (Å²) in [4.78, 5) is 38.2. The molecule has 0 radical (unpaired) electrons. The minimum absolute atomic E-state index is 0.104. The molecule has 0 aliphatic carbocycles. The zero-order chi connectivity index (χ0) is 54.3. The van der Waals surface area contributed by atoms with Gasteiger partial charge in [0.2, 0.25) is 0 Å². The fourth-order valence-corrected chi connectivity index (χ4v) is 8.36. The zero-order valence-corrected chi connectivity index (χ0v) is 48.8. The first-order valence-electron chi connectivity index (χ1n) is 31.0. The van der Waals surface area contributed by atoms with E-state index in [1.165, 1.54) is 135 Å². The Kier molecular flexibility index (Phi) is 58.9. The topological polar surface area (TPSA) is 78.9 Å². The number of ether oxygens (including phenoxy) is 3. The second-order valence-electron chi connectivity index (χ2n) is 20.2. The SMILES string of the molecule is CC/C=C\C/C=C\C/C=C\C/C=C\CCCCCCCCCCCCCCC(=O)OCC(COC(=O)CC/C=C\C/C=C\C/C=C\C/C=C\CC)OC(=O)CCCCCCCCCCC/C=C\C/C=C\CCCCC. The van der Waals surface area contributed by atoms with Crippen LogP contribution in [0.5, 0.6) is 0 Å². The van der Waals surface area contributed by atoms with Crippen LogP contribution in [0.4, 0.5) is 0 Å². The van der Waals surface area contributed by atoms with Gasteiger partial charge >= 0.3 is 17.9 Å². The first-order chi connectivity index (χ1) is 37.0. The van der Waals surface area contributed by atoms with E-state index < -0.39 is 6.10 Å². The van der Waals surface area contributed by atoms with E-state index in [0.29, 0.717) is 19.3 Å². The summed E-state index contributed by atoms with van der Waals surface area (Å²) >= 11 is 0. The van der Waals surface area contributed by atoms with Gasteiger partial charge in [-0.05, 0) is 116 Å². The Balaban J connectivity index is 4.37. The summed E-state index contributed by atoms with van der Waals surface area (Å²) in [5.74, 6) is -0.992. The molecule has 0 saturated carbocycles. The third-order valence-corrected chi connectivity index (χ3v) is 12.9. The molecule has 0 aromatic carbocycles. The van der Waals surface area contributed by atoms with Crippen molar-refractivity contribution in [2.24, 2.45) is 0 Å². The van der Waals surface area contributed by atoms with Gasteiger partial charge in [0.15, 0.2) is 6.10 Å². The maximum Gasteiger partial charge on any atom is 0.306 e. The second kappa shape index (κ2) is 62.4. The molecule has 0 bridgehead atoms. The molecular weight excluding hydrogens is 925 g/mol. The van der Waals surface area contributed by atoms with Gasteiger partial charge in [0, 0.05) is 19.3 Å². The number of hydrogen-bond donors (Lipinski definition) is 0. The number of carbonyl (C=O) groups is 3. The molecule has 0 fully saturated rings. The molecule has 1 atom stereocenters. The summed E-state index contributed by atoms with van der Waals surface area (Å²) in [6.07, 6.45) is 86.4. The molecule has 0 spiro atoms. The lowest BCUT2D eigenvalue weighted by Gasteiger charge is -2.18. The minimum Gasteiger partial charge on any atom is -0.462 e. The van der Waals surface area contributed by atoms with Gasteiger partial charge < -0.3 is 14.2 Å². The summed E-state index contributed by atoms with van der Waals surface area (Å²) in [7, 11) is 0. The summed E-state index contributed by atoms with van der Waals surface area (Å²) in [6, 6.07) is 0. The third kappa shape index (κ3) is 60.6. The monoisotopic (exact) mass is 1040 g/mol. The van der Waals surface area contributed by atoms with E-state index in [4.69, 9.17) is 14.2 Å². The third-order valence-electron chi connectivity index (χ3n) is 12.9. The Morgan fingerprint density at radius 2 is 0.547 bits per heavy atom. The van der Waals surface area contributed by atoms with Crippen LogP contribution in [-0.4, -0.2) is 37.2 Å². The van der Waals surface area contributed by atoms with Crippen molar-refractivity contribution in [1.29, 1.82) is 0 Å².